The van der Waals surface area contributed by atoms with Crippen molar-refractivity contribution >= 4 is 44.8 Å². The van der Waals surface area contributed by atoms with E-state index in [9.17, 15) is 4.79 Å². The number of amides is 1. The Morgan fingerprint density at radius 3 is 2.55 bits per heavy atom. The molecule has 0 saturated carbocycles. The van der Waals surface area contributed by atoms with Crippen LogP contribution in [0.1, 0.15) is 21.5 Å². The highest BCUT2D eigenvalue weighted by Gasteiger charge is 2.10. The fourth-order valence-corrected chi connectivity index (χ4v) is 2.67. The lowest BCUT2D eigenvalue weighted by molar-refractivity contribution is 0.102. The van der Waals surface area contributed by atoms with Crippen LogP contribution in [-0.4, -0.2) is 5.91 Å². The van der Waals surface area contributed by atoms with Gasteiger partial charge in [-0.05, 0) is 55.3 Å². The zero-order valence-electron chi connectivity index (χ0n) is 11.1. The predicted octanol–water partition coefficient (Wildman–Crippen LogP) is 4.55. The fourth-order valence-electron chi connectivity index (χ4n) is 1.90. The van der Waals surface area contributed by atoms with Crippen LogP contribution in [0.25, 0.3) is 0 Å². The van der Waals surface area contributed by atoms with E-state index in [0.717, 1.165) is 15.6 Å². The Balaban J connectivity index is 2.30. The summed E-state index contributed by atoms with van der Waals surface area (Å²) in [7, 11) is 0. The second-order valence-corrected chi connectivity index (χ2v) is 5.98. The summed E-state index contributed by atoms with van der Waals surface area (Å²) in [6.07, 6.45) is 0. The highest BCUT2D eigenvalue weighted by atomic mass is 79.9. The number of benzene rings is 2. The van der Waals surface area contributed by atoms with Crippen molar-refractivity contribution < 1.29 is 4.79 Å². The maximum absolute atomic E-state index is 12.3. The Labute approximate surface area is 131 Å². The highest BCUT2D eigenvalue weighted by molar-refractivity contribution is 9.10. The first-order chi connectivity index (χ1) is 9.36. The lowest BCUT2D eigenvalue weighted by atomic mass is 10.1. The summed E-state index contributed by atoms with van der Waals surface area (Å²) < 4.78 is 0.870. The van der Waals surface area contributed by atoms with E-state index in [4.69, 9.17) is 17.3 Å². The summed E-state index contributed by atoms with van der Waals surface area (Å²) in [6, 6.07) is 8.95. The van der Waals surface area contributed by atoms with E-state index >= 15 is 0 Å². The van der Waals surface area contributed by atoms with E-state index in [-0.39, 0.29) is 5.91 Å². The van der Waals surface area contributed by atoms with Gasteiger partial charge < -0.3 is 11.1 Å². The molecule has 0 aliphatic rings. The number of carbonyl (C=O) groups is 1. The molecule has 0 aromatic heterocycles. The molecule has 2 rings (SSSR count). The van der Waals surface area contributed by atoms with Crippen LogP contribution < -0.4 is 11.1 Å². The Kier molecular flexibility index (Phi) is 4.35. The molecule has 20 heavy (non-hydrogen) atoms. The molecule has 3 nitrogen and oxygen atoms in total. The van der Waals surface area contributed by atoms with Gasteiger partial charge in [-0.1, -0.05) is 27.5 Å². The number of hydrogen-bond donors (Lipinski definition) is 2. The van der Waals surface area contributed by atoms with Crippen LogP contribution in [0.2, 0.25) is 5.02 Å². The summed E-state index contributed by atoms with van der Waals surface area (Å²) >= 11 is 9.37. The Morgan fingerprint density at radius 1 is 1.20 bits per heavy atom. The molecule has 104 valence electrons. The molecule has 1 amide bonds. The van der Waals surface area contributed by atoms with Crippen molar-refractivity contribution in [2.75, 3.05) is 11.1 Å². The predicted molar refractivity (Wildman–Crippen MR) is 87.4 cm³/mol. The third kappa shape index (κ3) is 3.32. The first-order valence-corrected chi connectivity index (χ1v) is 7.18. The van der Waals surface area contributed by atoms with Crippen molar-refractivity contribution in [3.05, 3.63) is 56.5 Å². The number of carbonyl (C=O) groups excluding carboxylic acids is 1. The van der Waals surface area contributed by atoms with Crippen molar-refractivity contribution in [1.29, 1.82) is 0 Å². The Bertz CT molecular complexity index is 666. The second-order valence-electron chi connectivity index (χ2n) is 4.66. The lowest BCUT2D eigenvalue weighted by Gasteiger charge is -2.11. The number of nitrogen functional groups attached to an aromatic ring is 1. The summed E-state index contributed by atoms with van der Waals surface area (Å²) in [4.78, 5) is 12.3. The molecule has 0 fully saturated rings. The molecule has 0 heterocycles. The smallest absolute Gasteiger partial charge is 0.255 e. The van der Waals surface area contributed by atoms with Gasteiger partial charge in [-0.15, -0.1) is 0 Å². The van der Waals surface area contributed by atoms with Crippen LogP contribution in [0.15, 0.2) is 34.8 Å². The van der Waals surface area contributed by atoms with Crippen LogP contribution >= 0.6 is 27.5 Å². The zero-order chi connectivity index (χ0) is 14.9. The van der Waals surface area contributed by atoms with Crippen LogP contribution in [0, 0.1) is 13.8 Å². The fraction of sp³-hybridized carbons (Fsp3) is 0.133. The number of rotatable bonds is 2. The Morgan fingerprint density at radius 2 is 1.90 bits per heavy atom. The monoisotopic (exact) mass is 352 g/mol. The molecular weight excluding hydrogens is 340 g/mol. The normalized spacial score (nSPS) is 10.4. The van der Waals surface area contributed by atoms with Crippen molar-refractivity contribution in [2.24, 2.45) is 0 Å². The van der Waals surface area contributed by atoms with E-state index in [1.807, 2.05) is 26.0 Å². The van der Waals surface area contributed by atoms with Crippen LogP contribution in [0.3, 0.4) is 0 Å². The van der Waals surface area contributed by atoms with Gasteiger partial charge >= 0.3 is 0 Å². The number of nitrogens with two attached hydrogens (primary N) is 1. The van der Waals surface area contributed by atoms with Crippen LogP contribution in [-0.2, 0) is 0 Å². The third-order valence-corrected chi connectivity index (χ3v) is 3.68. The summed E-state index contributed by atoms with van der Waals surface area (Å²) in [5.74, 6) is -0.182. The van der Waals surface area contributed by atoms with Crippen molar-refractivity contribution in [3.63, 3.8) is 0 Å². The van der Waals surface area contributed by atoms with Gasteiger partial charge in [0.2, 0.25) is 0 Å². The minimum Gasteiger partial charge on any atom is -0.398 e. The topological polar surface area (TPSA) is 55.1 Å². The van der Waals surface area contributed by atoms with Crippen molar-refractivity contribution in [3.8, 4) is 0 Å². The van der Waals surface area contributed by atoms with E-state index in [0.29, 0.717) is 22.0 Å². The Hall–Kier alpha value is -1.52. The average molecular weight is 354 g/mol. The minimum absolute atomic E-state index is 0.182. The molecule has 0 aliphatic heterocycles. The third-order valence-electron chi connectivity index (χ3n) is 2.90. The second kappa shape index (κ2) is 5.85. The van der Waals surface area contributed by atoms with E-state index in [1.165, 1.54) is 0 Å². The SMILES string of the molecule is Cc1cc(Br)cc(C(=O)Nc2cc(Cl)c(N)cc2C)c1. The van der Waals surface area contributed by atoms with Gasteiger partial charge in [0.25, 0.3) is 5.91 Å². The van der Waals surface area contributed by atoms with Gasteiger partial charge in [-0.25, -0.2) is 0 Å². The maximum Gasteiger partial charge on any atom is 0.255 e. The van der Waals surface area contributed by atoms with Gasteiger partial charge in [0.1, 0.15) is 0 Å². The molecule has 0 bridgehead atoms. The molecule has 2 aromatic carbocycles. The highest BCUT2D eigenvalue weighted by Crippen LogP contribution is 2.27. The standard InChI is InChI=1S/C15H14BrClN2O/c1-8-3-10(6-11(16)4-8)15(20)19-14-7-12(17)13(18)5-9(14)2/h3-7H,18H2,1-2H3,(H,19,20). The van der Waals surface area contributed by atoms with Crippen molar-refractivity contribution in [1.82, 2.24) is 0 Å². The van der Waals surface area contributed by atoms with Gasteiger partial charge in [0.05, 0.1) is 10.7 Å². The molecule has 0 spiro atoms. The molecule has 0 aliphatic carbocycles. The molecule has 2 aromatic rings. The summed E-state index contributed by atoms with van der Waals surface area (Å²) in [5, 5.41) is 3.28. The first-order valence-electron chi connectivity index (χ1n) is 6.01. The van der Waals surface area contributed by atoms with Crippen LogP contribution in [0.5, 0.6) is 0 Å². The van der Waals surface area contributed by atoms with Gasteiger partial charge in [0, 0.05) is 15.7 Å². The van der Waals surface area contributed by atoms with Gasteiger partial charge in [0.15, 0.2) is 0 Å². The minimum atomic E-state index is -0.182. The number of aryl methyl sites for hydroxylation is 2. The molecule has 0 unspecified atom stereocenters. The van der Waals surface area contributed by atoms with E-state index < -0.39 is 0 Å². The molecule has 3 N–H and O–H groups in total. The molecule has 5 heteroatoms. The molecule has 0 saturated heterocycles. The average Bonchev–Trinajstić information content (AvgIpc) is 2.34. The van der Waals surface area contributed by atoms with E-state index in [1.54, 1.807) is 18.2 Å². The van der Waals surface area contributed by atoms with Crippen LogP contribution in [0.4, 0.5) is 11.4 Å². The van der Waals surface area contributed by atoms with Gasteiger partial charge in [-0.2, -0.15) is 0 Å². The number of halogens is 2. The number of hydrogen-bond acceptors (Lipinski definition) is 2. The van der Waals surface area contributed by atoms with Crippen molar-refractivity contribution in [2.45, 2.75) is 13.8 Å². The maximum atomic E-state index is 12.3. The molecule has 0 radical (unpaired) electrons. The largest absolute Gasteiger partial charge is 0.398 e. The zero-order valence-corrected chi connectivity index (χ0v) is 13.5. The summed E-state index contributed by atoms with van der Waals surface area (Å²) in [6.45, 7) is 3.81. The van der Waals surface area contributed by atoms with Gasteiger partial charge in [-0.3, -0.25) is 4.79 Å². The van der Waals surface area contributed by atoms with E-state index in [2.05, 4.69) is 21.2 Å². The first kappa shape index (κ1) is 14.9. The number of anilines is 2. The quantitative estimate of drug-likeness (QED) is 0.778. The lowest BCUT2D eigenvalue weighted by Crippen LogP contribution is -2.13. The number of nitrogens with one attached hydrogen (secondary N) is 1. The molecular formula is C15H14BrClN2O. The summed E-state index contributed by atoms with van der Waals surface area (Å²) in [5.41, 5.74) is 9.35. The molecule has 0 atom stereocenters.